The lowest BCUT2D eigenvalue weighted by molar-refractivity contribution is -0.111. The van der Waals surface area contributed by atoms with E-state index >= 15 is 0 Å². The molecule has 2 aromatic rings. The van der Waals surface area contributed by atoms with Gasteiger partial charge in [0.05, 0.1) is 17.0 Å². The average molecular weight is 285 g/mol. The van der Waals surface area contributed by atoms with Crippen LogP contribution >= 0.6 is 11.6 Å². The van der Waals surface area contributed by atoms with E-state index in [9.17, 15) is 9.59 Å². The van der Waals surface area contributed by atoms with Crippen LogP contribution in [0.1, 0.15) is 16.1 Å². The first-order valence-electron chi connectivity index (χ1n) is 5.95. The van der Waals surface area contributed by atoms with Crippen LogP contribution in [0.3, 0.4) is 0 Å². The van der Waals surface area contributed by atoms with Crippen molar-refractivity contribution in [2.75, 3.05) is 5.32 Å². The van der Waals surface area contributed by atoms with E-state index in [-0.39, 0.29) is 10.6 Å². The Balaban J connectivity index is 2.13. The zero-order valence-corrected chi connectivity index (χ0v) is 11.0. The molecule has 0 radical (unpaired) electrons. The molecule has 0 saturated heterocycles. The van der Waals surface area contributed by atoms with Gasteiger partial charge in [-0.2, -0.15) is 0 Å². The third-order valence-corrected chi connectivity index (χ3v) is 3.32. The van der Waals surface area contributed by atoms with Crippen LogP contribution in [0.5, 0.6) is 0 Å². The first-order chi connectivity index (χ1) is 9.68. The molecule has 0 unspecified atom stereocenters. The summed E-state index contributed by atoms with van der Waals surface area (Å²) in [5.41, 5.74) is 1.78. The summed E-state index contributed by atoms with van der Waals surface area (Å²) >= 11 is 6.01. The molecule has 3 rings (SSSR count). The van der Waals surface area contributed by atoms with Gasteiger partial charge in [-0.05, 0) is 24.3 Å². The Morgan fingerprint density at radius 3 is 2.45 bits per heavy atom. The van der Waals surface area contributed by atoms with E-state index in [0.717, 1.165) is 5.69 Å². The molecule has 1 aromatic carbocycles. The van der Waals surface area contributed by atoms with Crippen molar-refractivity contribution in [3.8, 4) is 0 Å². The molecule has 20 heavy (non-hydrogen) atoms. The normalized spacial score (nSPS) is 14.2. The van der Waals surface area contributed by atoms with Gasteiger partial charge in [0, 0.05) is 11.9 Å². The lowest BCUT2D eigenvalue weighted by Gasteiger charge is -2.18. The molecule has 0 spiro atoms. The number of anilines is 1. The first kappa shape index (κ1) is 12.6. The smallest absolute Gasteiger partial charge is 0.247 e. The van der Waals surface area contributed by atoms with Crippen molar-refractivity contribution in [2.45, 2.75) is 0 Å². The molecular formula is C15H9ClN2O2. The van der Waals surface area contributed by atoms with Gasteiger partial charge in [0.15, 0.2) is 0 Å². The van der Waals surface area contributed by atoms with E-state index in [1.54, 1.807) is 18.3 Å². The van der Waals surface area contributed by atoms with E-state index in [1.165, 1.54) is 0 Å². The second-order valence-electron chi connectivity index (χ2n) is 4.24. The van der Waals surface area contributed by atoms with E-state index < -0.39 is 11.6 Å². The van der Waals surface area contributed by atoms with Crippen molar-refractivity contribution in [3.05, 3.63) is 65.0 Å². The minimum absolute atomic E-state index is 0.134. The molecule has 1 aliphatic carbocycles. The molecule has 0 atom stereocenters. The second kappa shape index (κ2) is 4.90. The van der Waals surface area contributed by atoms with Crippen molar-refractivity contribution in [1.29, 1.82) is 0 Å². The lowest BCUT2D eigenvalue weighted by atomic mass is 9.97. The summed E-state index contributed by atoms with van der Waals surface area (Å²) in [5, 5.41) is 2.92. The minimum atomic E-state index is -0.717. The standard InChI is InChI=1S/C15H9ClN2O2/c16-11-13(18-9-5-2-1-3-6-9)12-10(7-4-8-17-12)14(19)15(11)20/h1-8,18H. The molecule has 1 N–H and O–H groups in total. The SMILES string of the molecule is O=C1C(=O)c2cccnc2C(Nc2ccccc2)=C1Cl. The number of carbonyl (C=O) groups is 2. The van der Waals surface area contributed by atoms with Crippen molar-refractivity contribution < 1.29 is 9.59 Å². The van der Waals surface area contributed by atoms with Gasteiger partial charge in [0.1, 0.15) is 5.03 Å². The molecule has 1 aliphatic rings. The van der Waals surface area contributed by atoms with Crippen LogP contribution in [0.15, 0.2) is 53.7 Å². The number of rotatable bonds is 2. The third-order valence-electron chi connectivity index (χ3n) is 2.96. The van der Waals surface area contributed by atoms with Crippen LogP contribution < -0.4 is 5.32 Å². The molecule has 98 valence electrons. The summed E-state index contributed by atoms with van der Waals surface area (Å²) in [6.45, 7) is 0. The maximum Gasteiger partial charge on any atom is 0.247 e. The summed E-state index contributed by atoms with van der Waals surface area (Å²) in [4.78, 5) is 27.9. The molecule has 0 amide bonds. The highest BCUT2D eigenvalue weighted by Gasteiger charge is 2.32. The lowest BCUT2D eigenvalue weighted by Crippen LogP contribution is -2.25. The number of aromatic nitrogens is 1. The van der Waals surface area contributed by atoms with Crippen LogP contribution in [0.2, 0.25) is 0 Å². The molecular weight excluding hydrogens is 276 g/mol. The Morgan fingerprint density at radius 1 is 0.950 bits per heavy atom. The topological polar surface area (TPSA) is 59.1 Å². The van der Waals surface area contributed by atoms with Crippen molar-refractivity contribution in [3.63, 3.8) is 0 Å². The third kappa shape index (κ3) is 2.00. The molecule has 0 aliphatic heterocycles. The molecule has 0 saturated carbocycles. The number of pyridine rings is 1. The van der Waals surface area contributed by atoms with Crippen LogP contribution in [0.4, 0.5) is 5.69 Å². The van der Waals surface area contributed by atoms with Gasteiger partial charge < -0.3 is 5.32 Å². The van der Waals surface area contributed by atoms with Gasteiger partial charge in [0.2, 0.25) is 11.6 Å². The number of nitrogens with zero attached hydrogens (tertiary/aromatic N) is 1. The van der Waals surface area contributed by atoms with Gasteiger partial charge in [-0.3, -0.25) is 14.6 Å². The van der Waals surface area contributed by atoms with Gasteiger partial charge in [-0.15, -0.1) is 0 Å². The number of ketones is 2. The number of para-hydroxylation sites is 1. The Labute approximate surface area is 120 Å². The number of hydrogen-bond donors (Lipinski definition) is 1. The highest BCUT2D eigenvalue weighted by Crippen LogP contribution is 2.30. The highest BCUT2D eigenvalue weighted by atomic mass is 35.5. The van der Waals surface area contributed by atoms with Crippen LogP contribution in [-0.2, 0) is 4.79 Å². The van der Waals surface area contributed by atoms with Crippen LogP contribution in [0.25, 0.3) is 5.70 Å². The van der Waals surface area contributed by atoms with Crippen molar-refractivity contribution in [2.24, 2.45) is 0 Å². The Bertz CT molecular complexity index is 739. The zero-order chi connectivity index (χ0) is 14.1. The predicted molar refractivity (Wildman–Crippen MR) is 76.4 cm³/mol. The number of nitrogens with one attached hydrogen (secondary N) is 1. The van der Waals surface area contributed by atoms with Gasteiger partial charge in [-0.1, -0.05) is 29.8 Å². The first-order valence-corrected chi connectivity index (χ1v) is 6.32. The number of allylic oxidation sites excluding steroid dienone is 1. The monoisotopic (exact) mass is 284 g/mol. The Morgan fingerprint density at radius 2 is 1.70 bits per heavy atom. The van der Waals surface area contributed by atoms with Gasteiger partial charge >= 0.3 is 0 Å². The molecule has 1 heterocycles. The van der Waals surface area contributed by atoms with Crippen LogP contribution in [-0.4, -0.2) is 16.6 Å². The summed E-state index contributed by atoms with van der Waals surface area (Å²) in [7, 11) is 0. The maximum atomic E-state index is 11.9. The fourth-order valence-electron chi connectivity index (χ4n) is 2.01. The second-order valence-corrected chi connectivity index (χ2v) is 4.62. The van der Waals surface area contributed by atoms with E-state index in [2.05, 4.69) is 10.3 Å². The zero-order valence-electron chi connectivity index (χ0n) is 10.3. The Kier molecular flexibility index (Phi) is 3.08. The summed E-state index contributed by atoms with van der Waals surface area (Å²) in [6.07, 6.45) is 1.55. The van der Waals surface area contributed by atoms with Crippen molar-refractivity contribution >= 4 is 34.6 Å². The molecule has 0 bridgehead atoms. The van der Waals surface area contributed by atoms with E-state index in [4.69, 9.17) is 11.6 Å². The molecule has 5 heteroatoms. The number of benzene rings is 1. The fourth-order valence-corrected chi connectivity index (χ4v) is 2.23. The van der Waals surface area contributed by atoms with E-state index in [1.807, 2.05) is 30.3 Å². The number of halogens is 1. The molecule has 1 aromatic heterocycles. The maximum absolute atomic E-state index is 11.9. The largest absolute Gasteiger partial charge is 0.352 e. The average Bonchev–Trinajstić information content (AvgIpc) is 2.50. The fraction of sp³-hybridized carbons (Fsp3) is 0. The van der Waals surface area contributed by atoms with E-state index in [0.29, 0.717) is 11.4 Å². The predicted octanol–water partition coefficient (Wildman–Crippen LogP) is 2.87. The number of hydrogen-bond acceptors (Lipinski definition) is 4. The molecule has 0 fully saturated rings. The number of fused-ring (bicyclic) bond motifs is 1. The number of carbonyl (C=O) groups excluding carboxylic acids is 2. The Hall–Kier alpha value is -2.46. The summed E-state index contributed by atoms with van der Waals surface area (Å²) in [6, 6.07) is 12.4. The summed E-state index contributed by atoms with van der Waals surface area (Å²) < 4.78 is 0. The van der Waals surface area contributed by atoms with Gasteiger partial charge in [0.25, 0.3) is 0 Å². The van der Waals surface area contributed by atoms with Gasteiger partial charge in [-0.25, -0.2) is 0 Å². The highest BCUT2D eigenvalue weighted by molar-refractivity contribution is 6.64. The van der Waals surface area contributed by atoms with Crippen LogP contribution in [0, 0.1) is 0 Å². The quantitative estimate of drug-likeness (QED) is 0.862. The van der Waals surface area contributed by atoms with Crippen molar-refractivity contribution in [1.82, 2.24) is 4.98 Å². The number of Topliss-reactive ketones (excluding diaryl/α,β-unsaturated/α-hetero) is 2. The minimum Gasteiger partial charge on any atom is -0.352 e. The summed E-state index contributed by atoms with van der Waals surface area (Å²) in [5.74, 6) is -1.35. The molecule has 4 nitrogen and oxygen atoms in total.